The third-order valence-electron chi connectivity index (χ3n) is 6.77. The molecule has 1 N–H and O–H groups in total. The van der Waals surface area contributed by atoms with Gasteiger partial charge >= 0.3 is 0 Å². The number of hydrogen-bond donors (Lipinski definition) is 1. The number of piperazine rings is 1. The van der Waals surface area contributed by atoms with Gasteiger partial charge in [-0.2, -0.15) is 0 Å². The maximum Gasteiger partial charge on any atom is 0.105 e. The van der Waals surface area contributed by atoms with Gasteiger partial charge < -0.3 is 14.6 Å². The van der Waals surface area contributed by atoms with E-state index in [2.05, 4.69) is 61.6 Å². The first kappa shape index (κ1) is 20.5. The second-order valence-electron chi connectivity index (χ2n) is 8.63. The zero-order chi connectivity index (χ0) is 20.2. The van der Waals surface area contributed by atoms with Crippen LogP contribution in [0.3, 0.4) is 0 Å². The first-order chi connectivity index (χ1) is 14.1. The summed E-state index contributed by atoms with van der Waals surface area (Å²) in [5.74, 6) is 1.04. The SMILES string of the molecule is Cc1ncc(CN2CC[C@H](N3CCN(CCc4ccccc4)CC3)[C@@H](O)C2)n1C. The van der Waals surface area contributed by atoms with Crippen molar-refractivity contribution in [3.8, 4) is 0 Å². The molecule has 2 fully saturated rings. The molecule has 2 saturated heterocycles. The first-order valence-corrected chi connectivity index (χ1v) is 11.0. The zero-order valence-electron chi connectivity index (χ0n) is 17.9. The minimum Gasteiger partial charge on any atom is -0.390 e. The van der Waals surface area contributed by atoms with Crippen molar-refractivity contribution in [2.24, 2.45) is 7.05 Å². The summed E-state index contributed by atoms with van der Waals surface area (Å²) >= 11 is 0. The largest absolute Gasteiger partial charge is 0.390 e. The molecule has 1 aromatic carbocycles. The normalized spacial score (nSPS) is 24.8. The summed E-state index contributed by atoms with van der Waals surface area (Å²) in [7, 11) is 2.07. The zero-order valence-corrected chi connectivity index (χ0v) is 17.9. The van der Waals surface area contributed by atoms with Gasteiger partial charge in [0.05, 0.1) is 11.8 Å². The van der Waals surface area contributed by atoms with Gasteiger partial charge in [-0.25, -0.2) is 4.98 Å². The summed E-state index contributed by atoms with van der Waals surface area (Å²) in [6, 6.07) is 11.1. The molecule has 0 aliphatic carbocycles. The van der Waals surface area contributed by atoms with E-state index in [0.717, 1.165) is 71.0 Å². The van der Waals surface area contributed by atoms with Crippen LogP contribution in [0.15, 0.2) is 36.5 Å². The van der Waals surface area contributed by atoms with E-state index in [1.54, 1.807) is 0 Å². The molecule has 1 aromatic heterocycles. The van der Waals surface area contributed by atoms with Crippen molar-refractivity contribution in [3.63, 3.8) is 0 Å². The fraction of sp³-hybridized carbons (Fsp3) is 0.609. The van der Waals surface area contributed by atoms with Gasteiger partial charge in [0.25, 0.3) is 0 Å². The van der Waals surface area contributed by atoms with Gasteiger partial charge in [-0.3, -0.25) is 9.80 Å². The number of aliphatic hydroxyl groups excluding tert-OH is 1. The van der Waals surface area contributed by atoms with Crippen LogP contribution in [0.25, 0.3) is 0 Å². The molecular formula is C23H35N5O. The lowest BCUT2D eigenvalue weighted by molar-refractivity contribution is -0.0311. The highest BCUT2D eigenvalue weighted by atomic mass is 16.3. The number of piperidine rings is 1. The van der Waals surface area contributed by atoms with Crippen molar-refractivity contribution in [2.45, 2.75) is 38.5 Å². The molecule has 2 aliphatic heterocycles. The van der Waals surface area contributed by atoms with Crippen molar-refractivity contribution in [3.05, 3.63) is 53.6 Å². The Morgan fingerprint density at radius 1 is 1.03 bits per heavy atom. The smallest absolute Gasteiger partial charge is 0.105 e. The lowest BCUT2D eigenvalue weighted by atomic mass is 9.99. The Kier molecular flexibility index (Phi) is 6.65. The van der Waals surface area contributed by atoms with Crippen LogP contribution in [0.1, 0.15) is 23.5 Å². The Morgan fingerprint density at radius 2 is 1.79 bits per heavy atom. The molecule has 2 atom stereocenters. The molecule has 0 spiro atoms. The predicted molar refractivity (Wildman–Crippen MR) is 116 cm³/mol. The monoisotopic (exact) mass is 397 g/mol. The highest BCUT2D eigenvalue weighted by Gasteiger charge is 2.33. The van der Waals surface area contributed by atoms with Gasteiger partial charge in [-0.05, 0) is 25.3 Å². The molecule has 29 heavy (non-hydrogen) atoms. The molecule has 158 valence electrons. The van der Waals surface area contributed by atoms with Gasteiger partial charge in [0.15, 0.2) is 0 Å². The van der Waals surface area contributed by atoms with Gasteiger partial charge in [0.2, 0.25) is 0 Å². The Hall–Kier alpha value is -1.73. The number of nitrogens with zero attached hydrogens (tertiary/aromatic N) is 5. The molecule has 0 bridgehead atoms. The molecule has 6 heteroatoms. The van der Waals surface area contributed by atoms with Crippen LogP contribution in [-0.4, -0.2) is 87.3 Å². The third kappa shape index (κ3) is 5.07. The van der Waals surface area contributed by atoms with Gasteiger partial charge in [0, 0.05) is 71.6 Å². The van der Waals surface area contributed by atoms with Crippen molar-refractivity contribution < 1.29 is 5.11 Å². The average molecular weight is 398 g/mol. The fourth-order valence-electron chi connectivity index (χ4n) is 4.73. The highest BCUT2D eigenvalue weighted by molar-refractivity contribution is 5.15. The Bertz CT molecular complexity index is 769. The number of aliphatic hydroxyl groups is 1. The van der Waals surface area contributed by atoms with Crippen LogP contribution in [0.4, 0.5) is 0 Å². The molecule has 4 rings (SSSR count). The number of aromatic nitrogens is 2. The maximum atomic E-state index is 10.8. The van der Waals surface area contributed by atoms with Gasteiger partial charge in [-0.1, -0.05) is 30.3 Å². The van der Waals surface area contributed by atoms with E-state index in [1.165, 1.54) is 11.3 Å². The van der Waals surface area contributed by atoms with Crippen LogP contribution < -0.4 is 0 Å². The molecule has 2 aromatic rings. The van der Waals surface area contributed by atoms with E-state index in [1.807, 2.05) is 13.1 Å². The molecule has 0 amide bonds. The summed E-state index contributed by atoms with van der Waals surface area (Å²) in [5, 5.41) is 10.8. The van der Waals surface area contributed by atoms with E-state index in [0.29, 0.717) is 6.04 Å². The number of β-amino-alcohol motifs (C(OH)–C–C–N with tert-alkyl or cyclic N) is 1. The average Bonchev–Trinajstić information content (AvgIpc) is 3.06. The lowest BCUT2D eigenvalue weighted by Gasteiger charge is -2.45. The van der Waals surface area contributed by atoms with Crippen LogP contribution in [0.5, 0.6) is 0 Å². The maximum absolute atomic E-state index is 10.8. The summed E-state index contributed by atoms with van der Waals surface area (Å²) in [6.45, 7) is 10.2. The predicted octanol–water partition coefficient (Wildman–Crippen LogP) is 1.52. The van der Waals surface area contributed by atoms with Crippen molar-refractivity contribution in [1.82, 2.24) is 24.3 Å². The first-order valence-electron chi connectivity index (χ1n) is 11.0. The highest BCUT2D eigenvalue weighted by Crippen LogP contribution is 2.21. The summed E-state index contributed by atoms with van der Waals surface area (Å²) in [4.78, 5) is 11.8. The molecule has 3 heterocycles. The van der Waals surface area contributed by atoms with Gasteiger partial charge in [-0.15, -0.1) is 0 Å². The van der Waals surface area contributed by atoms with Crippen LogP contribution in [-0.2, 0) is 20.0 Å². The molecule has 6 nitrogen and oxygen atoms in total. The van der Waals surface area contributed by atoms with Crippen LogP contribution in [0, 0.1) is 6.92 Å². The summed E-state index contributed by atoms with van der Waals surface area (Å²) < 4.78 is 2.15. The minimum atomic E-state index is -0.269. The number of likely N-dealkylation sites (tertiary alicyclic amines) is 1. The van der Waals surface area contributed by atoms with E-state index >= 15 is 0 Å². The number of imidazole rings is 1. The van der Waals surface area contributed by atoms with Crippen molar-refractivity contribution >= 4 is 0 Å². The lowest BCUT2D eigenvalue weighted by Crippen LogP contribution is -2.58. The topological polar surface area (TPSA) is 47.8 Å². The second kappa shape index (κ2) is 9.39. The molecule has 0 saturated carbocycles. The van der Waals surface area contributed by atoms with Crippen LogP contribution >= 0.6 is 0 Å². The second-order valence-corrected chi connectivity index (χ2v) is 8.63. The summed E-state index contributed by atoms with van der Waals surface area (Å²) in [5.41, 5.74) is 2.64. The van der Waals surface area contributed by atoms with E-state index in [4.69, 9.17) is 0 Å². The van der Waals surface area contributed by atoms with Crippen molar-refractivity contribution in [1.29, 1.82) is 0 Å². The minimum absolute atomic E-state index is 0.269. The number of benzene rings is 1. The molecular weight excluding hydrogens is 362 g/mol. The van der Waals surface area contributed by atoms with Crippen molar-refractivity contribution in [2.75, 3.05) is 45.8 Å². The fourth-order valence-corrected chi connectivity index (χ4v) is 4.73. The quantitative estimate of drug-likeness (QED) is 0.801. The Morgan fingerprint density at radius 3 is 2.45 bits per heavy atom. The van der Waals surface area contributed by atoms with Crippen LogP contribution in [0.2, 0.25) is 0 Å². The third-order valence-corrected chi connectivity index (χ3v) is 6.77. The van der Waals surface area contributed by atoms with Gasteiger partial charge in [0.1, 0.15) is 5.82 Å². The number of aryl methyl sites for hydroxylation is 1. The molecule has 2 aliphatic rings. The van der Waals surface area contributed by atoms with E-state index in [-0.39, 0.29) is 6.10 Å². The van der Waals surface area contributed by atoms with E-state index < -0.39 is 0 Å². The molecule has 0 radical (unpaired) electrons. The van der Waals surface area contributed by atoms with E-state index in [9.17, 15) is 5.11 Å². The number of hydrogen-bond acceptors (Lipinski definition) is 5. The standard InChI is InChI=1S/C23H35N5O/c1-19-24-16-21(25(19)2)17-27-11-9-22(23(29)18-27)28-14-12-26(13-15-28)10-8-20-6-4-3-5-7-20/h3-7,16,22-23,29H,8-15,17-18H2,1-2H3/t22-,23-/m0/s1. The summed E-state index contributed by atoms with van der Waals surface area (Å²) in [6.07, 6.45) is 3.86. The number of rotatable bonds is 6. The Balaban J connectivity index is 1.22. The molecule has 0 unspecified atom stereocenters. The Labute approximate surface area is 174 Å².